The topological polar surface area (TPSA) is 45.2 Å². The number of nitrogens with one attached hydrogen (secondary N) is 1. The smallest absolute Gasteiger partial charge is 0.273 e. The van der Waals surface area contributed by atoms with E-state index in [-0.39, 0.29) is 18.0 Å². The van der Waals surface area contributed by atoms with Crippen molar-refractivity contribution in [2.75, 3.05) is 13.1 Å². The van der Waals surface area contributed by atoms with Gasteiger partial charge in [-0.3, -0.25) is 9.78 Å². The maximum Gasteiger partial charge on any atom is 0.273 e. The second-order valence-corrected chi connectivity index (χ2v) is 4.28. The standard InChI is InChI=1S/C12H17N3O/c1-9-7-13-8-10(2)15(9)12(16)11-5-3-4-6-14-11/h3-6,9-10,13H,7-8H2,1-2H3. The van der Waals surface area contributed by atoms with Crippen LogP contribution in [0.4, 0.5) is 0 Å². The highest BCUT2D eigenvalue weighted by atomic mass is 16.2. The summed E-state index contributed by atoms with van der Waals surface area (Å²) in [6, 6.07) is 5.87. The van der Waals surface area contributed by atoms with Gasteiger partial charge in [-0.25, -0.2) is 0 Å². The summed E-state index contributed by atoms with van der Waals surface area (Å²) >= 11 is 0. The van der Waals surface area contributed by atoms with E-state index in [2.05, 4.69) is 24.1 Å². The van der Waals surface area contributed by atoms with Crippen LogP contribution in [-0.4, -0.2) is 41.0 Å². The number of nitrogens with zero attached hydrogens (tertiary/aromatic N) is 2. The van der Waals surface area contributed by atoms with Gasteiger partial charge in [0.1, 0.15) is 5.69 Å². The van der Waals surface area contributed by atoms with Crippen LogP contribution in [0, 0.1) is 0 Å². The highest BCUT2D eigenvalue weighted by molar-refractivity contribution is 5.92. The molecule has 0 spiro atoms. The van der Waals surface area contributed by atoms with Crippen LogP contribution in [0.1, 0.15) is 24.3 Å². The van der Waals surface area contributed by atoms with E-state index in [1.165, 1.54) is 0 Å². The molecule has 1 amide bonds. The second kappa shape index (κ2) is 4.61. The Morgan fingerprint density at radius 2 is 2.06 bits per heavy atom. The zero-order chi connectivity index (χ0) is 11.5. The summed E-state index contributed by atoms with van der Waals surface area (Å²) in [7, 11) is 0. The van der Waals surface area contributed by atoms with Crippen molar-refractivity contribution in [3.63, 3.8) is 0 Å². The Morgan fingerprint density at radius 3 is 2.62 bits per heavy atom. The first-order chi connectivity index (χ1) is 7.70. The normalized spacial score (nSPS) is 25.5. The SMILES string of the molecule is CC1CNCC(C)N1C(=O)c1ccccn1. The Kier molecular flexibility index (Phi) is 3.19. The third kappa shape index (κ3) is 2.07. The van der Waals surface area contributed by atoms with Gasteiger partial charge in [0.2, 0.25) is 0 Å². The number of amides is 1. The van der Waals surface area contributed by atoms with Gasteiger partial charge in [0.25, 0.3) is 5.91 Å². The number of carbonyl (C=O) groups is 1. The summed E-state index contributed by atoms with van der Waals surface area (Å²) in [6.45, 7) is 5.82. The average Bonchev–Trinajstić information content (AvgIpc) is 2.30. The van der Waals surface area contributed by atoms with Gasteiger partial charge in [-0.15, -0.1) is 0 Å². The van der Waals surface area contributed by atoms with Gasteiger partial charge in [-0.2, -0.15) is 0 Å². The zero-order valence-electron chi connectivity index (χ0n) is 9.68. The molecule has 4 heteroatoms. The van der Waals surface area contributed by atoms with Gasteiger partial charge >= 0.3 is 0 Å². The molecule has 0 saturated carbocycles. The lowest BCUT2D eigenvalue weighted by Gasteiger charge is -2.39. The highest BCUT2D eigenvalue weighted by Gasteiger charge is 2.29. The molecule has 2 rings (SSSR count). The molecular formula is C12H17N3O. The van der Waals surface area contributed by atoms with Crippen molar-refractivity contribution in [1.29, 1.82) is 0 Å². The Labute approximate surface area is 95.7 Å². The van der Waals surface area contributed by atoms with E-state index in [9.17, 15) is 4.79 Å². The minimum Gasteiger partial charge on any atom is -0.329 e. The predicted octanol–water partition coefficient (Wildman–Crippen LogP) is 0.904. The monoisotopic (exact) mass is 219 g/mol. The molecule has 0 bridgehead atoms. The molecule has 1 aliphatic heterocycles. The molecule has 2 heterocycles. The summed E-state index contributed by atoms with van der Waals surface area (Å²) in [4.78, 5) is 18.3. The van der Waals surface area contributed by atoms with E-state index in [0.29, 0.717) is 5.69 Å². The molecule has 1 aromatic rings. The first-order valence-corrected chi connectivity index (χ1v) is 5.64. The van der Waals surface area contributed by atoms with Crippen molar-refractivity contribution in [2.24, 2.45) is 0 Å². The fourth-order valence-corrected chi connectivity index (χ4v) is 2.15. The fourth-order valence-electron chi connectivity index (χ4n) is 2.15. The van der Waals surface area contributed by atoms with E-state index in [1.54, 1.807) is 12.3 Å². The minimum absolute atomic E-state index is 0.0297. The van der Waals surface area contributed by atoms with Crippen LogP contribution in [0.25, 0.3) is 0 Å². The Morgan fingerprint density at radius 1 is 1.38 bits per heavy atom. The number of carbonyl (C=O) groups excluding carboxylic acids is 1. The maximum absolute atomic E-state index is 12.3. The van der Waals surface area contributed by atoms with Crippen molar-refractivity contribution < 1.29 is 4.79 Å². The molecule has 0 radical (unpaired) electrons. The van der Waals surface area contributed by atoms with Crippen molar-refractivity contribution in [2.45, 2.75) is 25.9 Å². The van der Waals surface area contributed by atoms with Crippen LogP contribution in [0.3, 0.4) is 0 Å². The summed E-state index contributed by atoms with van der Waals surface area (Å²) < 4.78 is 0. The molecule has 86 valence electrons. The lowest BCUT2D eigenvalue weighted by atomic mass is 10.1. The molecule has 2 atom stereocenters. The lowest BCUT2D eigenvalue weighted by molar-refractivity contribution is 0.0538. The highest BCUT2D eigenvalue weighted by Crippen LogP contribution is 2.13. The number of pyridine rings is 1. The molecule has 16 heavy (non-hydrogen) atoms. The number of piperazine rings is 1. The average molecular weight is 219 g/mol. The molecular weight excluding hydrogens is 202 g/mol. The van der Waals surface area contributed by atoms with Crippen LogP contribution < -0.4 is 5.32 Å². The maximum atomic E-state index is 12.3. The van der Waals surface area contributed by atoms with Crippen molar-refractivity contribution in [3.8, 4) is 0 Å². The van der Waals surface area contributed by atoms with E-state index in [1.807, 2.05) is 17.0 Å². The first-order valence-electron chi connectivity index (χ1n) is 5.64. The van der Waals surface area contributed by atoms with E-state index in [4.69, 9.17) is 0 Å². The number of aromatic nitrogens is 1. The van der Waals surface area contributed by atoms with Gasteiger partial charge in [0, 0.05) is 31.4 Å². The lowest BCUT2D eigenvalue weighted by Crippen LogP contribution is -2.57. The van der Waals surface area contributed by atoms with Gasteiger partial charge in [0.05, 0.1) is 0 Å². The van der Waals surface area contributed by atoms with Crippen molar-refractivity contribution in [3.05, 3.63) is 30.1 Å². The summed E-state index contributed by atoms with van der Waals surface area (Å²) in [5.74, 6) is 0.0297. The van der Waals surface area contributed by atoms with E-state index < -0.39 is 0 Å². The molecule has 1 N–H and O–H groups in total. The van der Waals surface area contributed by atoms with E-state index >= 15 is 0 Å². The van der Waals surface area contributed by atoms with Crippen LogP contribution >= 0.6 is 0 Å². The molecule has 1 aliphatic rings. The third-order valence-electron chi connectivity index (χ3n) is 2.95. The number of rotatable bonds is 1. The molecule has 0 aliphatic carbocycles. The molecule has 1 aromatic heterocycles. The van der Waals surface area contributed by atoms with Crippen LogP contribution in [0.15, 0.2) is 24.4 Å². The third-order valence-corrected chi connectivity index (χ3v) is 2.95. The molecule has 1 fully saturated rings. The van der Waals surface area contributed by atoms with Crippen LogP contribution in [-0.2, 0) is 0 Å². The Bertz CT molecular complexity index is 356. The molecule has 0 aromatic carbocycles. The summed E-state index contributed by atoms with van der Waals surface area (Å²) in [5, 5.41) is 3.31. The van der Waals surface area contributed by atoms with E-state index in [0.717, 1.165) is 13.1 Å². The zero-order valence-corrected chi connectivity index (χ0v) is 9.68. The largest absolute Gasteiger partial charge is 0.329 e. The fraction of sp³-hybridized carbons (Fsp3) is 0.500. The Hall–Kier alpha value is -1.42. The molecule has 4 nitrogen and oxygen atoms in total. The van der Waals surface area contributed by atoms with Gasteiger partial charge in [-0.1, -0.05) is 6.07 Å². The van der Waals surface area contributed by atoms with Crippen molar-refractivity contribution in [1.82, 2.24) is 15.2 Å². The second-order valence-electron chi connectivity index (χ2n) is 4.28. The quantitative estimate of drug-likeness (QED) is 0.763. The van der Waals surface area contributed by atoms with Gasteiger partial charge in [0.15, 0.2) is 0 Å². The summed E-state index contributed by atoms with van der Waals surface area (Å²) in [6.07, 6.45) is 1.66. The predicted molar refractivity (Wildman–Crippen MR) is 62.2 cm³/mol. The van der Waals surface area contributed by atoms with Gasteiger partial charge < -0.3 is 10.2 Å². The first kappa shape index (κ1) is 11.1. The molecule has 2 unspecified atom stereocenters. The van der Waals surface area contributed by atoms with Crippen LogP contribution in [0.5, 0.6) is 0 Å². The van der Waals surface area contributed by atoms with Crippen molar-refractivity contribution >= 4 is 5.91 Å². The number of hydrogen-bond acceptors (Lipinski definition) is 3. The minimum atomic E-state index is 0.0297. The van der Waals surface area contributed by atoms with Crippen LogP contribution in [0.2, 0.25) is 0 Å². The Balaban J connectivity index is 2.20. The summed E-state index contributed by atoms with van der Waals surface area (Å²) in [5.41, 5.74) is 0.531. The molecule has 1 saturated heterocycles. The van der Waals surface area contributed by atoms with Gasteiger partial charge in [-0.05, 0) is 26.0 Å². The number of hydrogen-bond donors (Lipinski definition) is 1.